The molecule has 0 aromatic heterocycles. The standard InChI is InChI=1S/C29H29NO5/c1-17-9-6-7-12-22(17)30-25(18-10-8-11-20(31)15-18)24(27(33)28(30)34)26(32)21-16-19(29(2,3)4)13-14-23(21)35-5/h6-16,25,31-32H,1-5H3/b26-24+. The third kappa shape index (κ3) is 4.28. The van der Waals surface area contributed by atoms with Gasteiger partial charge in [-0.2, -0.15) is 0 Å². The van der Waals surface area contributed by atoms with Crippen LogP contribution in [0.25, 0.3) is 5.76 Å². The largest absolute Gasteiger partial charge is 0.508 e. The van der Waals surface area contributed by atoms with Crippen LogP contribution in [0.5, 0.6) is 11.5 Å². The molecule has 35 heavy (non-hydrogen) atoms. The molecule has 0 spiro atoms. The van der Waals surface area contributed by atoms with Crippen molar-refractivity contribution in [1.82, 2.24) is 0 Å². The lowest BCUT2D eigenvalue weighted by molar-refractivity contribution is -0.132. The molecule has 0 radical (unpaired) electrons. The summed E-state index contributed by atoms with van der Waals surface area (Å²) in [7, 11) is 1.49. The zero-order valence-electron chi connectivity index (χ0n) is 20.5. The Morgan fingerprint density at radius 1 is 0.971 bits per heavy atom. The average molecular weight is 472 g/mol. The summed E-state index contributed by atoms with van der Waals surface area (Å²) in [6.45, 7) is 7.98. The number of amides is 1. The van der Waals surface area contributed by atoms with Crippen molar-refractivity contribution in [2.45, 2.75) is 39.2 Å². The van der Waals surface area contributed by atoms with Gasteiger partial charge in [-0.3, -0.25) is 14.5 Å². The van der Waals surface area contributed by atoms with Gasteiger partial charge in [0.2, 0.25) is 0 Å². The Balaban J connectivity index is 2.02. The number of aryl methyl sites for hydroxylation is 1. The summed E-state index contributed by atoms with van der Waals surface area (Å²) in [5.41, 5.74) is 2.83. The highest BCUT2D eigenvalue weighted by Gasteiger charge is 2.47. The van der Waals surface area contributed by atoms with Crippen LogP contribution in [0.4, 0.5) is 5.69 Å². The van der Waals surface area contributed by atoms with E-state index in [0.717, 1.165) is 11.1 Å². The van der Waals surface area contributed by atoms with Crippen LogP contribution in [0.1, 0.15) is 49.1 Å². The predicted molar refractivity (Wildman–Crippen MR) is 136 cm³/mol. The van der Waals surface area contributed by atoms with Gasteiger partial charge in [-0.05, 0) is 59.4 Å². The van der Waals surface area contributed by atoms with Gasteiger partial charge in [-0.25, -0.2) is 0 Å². The van der Waals surface area contributed by atoms with E-state index in [-0.39, 0.29) is 22.5 Å². The zero-order chi connectivity index (χ0) is 25.5. The number of methoxy groups -OCH3 is 1. The van der Waals surface area contributed by atoms with Crippen LogP contribution < -0.4 is 9.64 Å². The number of Topliss-reactive ketones (excluding diaryl/α,β-unsaturated/α-hetero) is 1. The number of hydrogen-bond acceptors (Lipinski definition) is 5. The summed E-state index contributed by atoms with van der Waals surface area (Å²) in [4.78, 5) is 28.2. The summed E-state index contributed by atoms with van der Waals surface area (Å²) in [6.07, 6.45) is 0. The number of phenolic OH excluding ortho intramolecular Hbond substituents is 1. The fraction of sp³-hybridized carbons (Fsp3) is 0.241. The fourth-order valence-corrected chi connectivity index (χ4v) is 4.43. The van der Waals surface area contributed by atoms with E-state index in [9.17, 15) is 19.8 Å². The molecule has 0 bridgehead atoms. The first-order chi connectivity index (χ1) is 16.5. The van der Waals surface area contributed by atoms with E-state index in [1.807, 2.05) is 45.9 Å². The number of aromatic hydroxyl groups is 1. The SMILES string of the molecule is COc1ccc(C(C)(C)C)cc1/C(O)=C1\C(=O)C(=O)N(c2ccccc2C)C1c1cccc(O)c1. The van der Waals surface area contributed by atoms with E-state index >= 15 is 0 Å². The van der Waals surface area contributed by atoms with Crippen LogP contribution in [-0.4, -0.2) is 29.0 Å². The molecule has 0 saturated carbocycles. The maximum atomic E-state index is 13.5. The minimum atomic E-state index is -0.939. The number of aliphatic hydroxyl groups excluding tert-OH is 1. The third-order valence-corrected chi connectivity index (χ3v) is 6.33. The molecule has 1 saturated heterocycles. The molecular formula is C29H29NO5. The number of ether oxygens (including phenoxy) is 1. The summed E-state index contributed by atoms with van der Waals surface area (Å²) >= 11 is 0. The number of benzene rings is 3. The molecule has 1 fully saturated rings. The van der Waals surface area contributed by atoms with Crippen molar-refractivity contribution in [3.63, 3.8) is 0 Å². The third-order valence-electron chi connectivity index (χ3n) is 6.33. The number of carbonyl (C=O) groups excluding carboxylic acids is 2. The summed E-state index contributed by atoms with van der Waals surface area (Å²) in [5, 5.41) is 21.8. The quantitative estimate of drug-likeness (QED) is 0.292. The van der Waals surface area contributed by atoms with E-state index < -0.39 is 17.7 Å². The van der Waals surface area contributed by atoms with Crippen molar-refractivity contribution in [3.8, 4) is 11.5 Å². The van der Waals surface area contributed by atoms with E-state index in [2.05, 4.69) is 0 Å². The molecule has 1 unspecified atom stereocenters. The Labute approximate surface area is 205 Å². The number of phenols is 1. The topological polar surface area (TPSA) is 87.1 Å². The molecule has 1 amide bonds. The number of rotatable bonds is 4. The molecule has 1 aliphatic rings. The molecule has 1 aliphatic heterocycles. The highest BCUT2D eigenvalue weighted by Crippen LogP contribution is 2.45. The highest BCUT2D eigenvalue weighted by atomic mass is 16.5. The van der Waals surface area contributed by atoms with Gasteiger partial charge >= 0.3 is 0 Å². The average Bonchev–Trinajstić information content (AvgIpc) is 3.08. The summed E-state index contributed by atoms with van der Waals surface area (Å²) in [6, 6.07) is 18.1. The lowest BCUT2D eigenvalue weighted by Gasteiger charge is -2.27. The first kappa shape index (κ1) is 24.1. The lowest BCUT2D eigenvalue weighted by atomic mass is 9.85. The second-order valence-electron chi connectivity index (χ2n) is 9.72. The first-order valence-electron chi connectivity index (χ1n) is 11.4. The van der Waals surface area contributed by atoms with Gasteiger partial charge in [0.25, 0.3) is 11.7 Å². The molecule has 3 aromatic rings. The molecule has 1 heterocycles. The van der Waals surface area contributed by atoms with E-state index in [1.165, 1.54) is 24.1 Å². The molecule has 6 nitrogen and oxygen atoms in total. The van der Waals surface area contributed by atoms with E-state index in [4.69, 9.17) is 4.74 Å². The summed E-state index contributed by atoms with van der Waals surface area (Å²) < 4.78 is 5.50. The number of hydrogen-bond donors (Lipinski definition) is 2. The molecular weight excluding hydrogens is 442 g/mol. The van der Waals surface area contributed by atoms with Crippen LogP contribution in [0.2, 0.25) is 0 Å². The van der Waals surface area contributed by atoms with Crippen molar-refractivity contribution in [2.24, 2.45) is 0 Å². The van der Waals surface area contributed by atoms with Crippen LogP contribution >= 0.6 is 0 Å². The van der Waals surface area contributed by atoms with Crippen molar-refractivity contribution < 1.29 is 24.5 Å². The Morgan fingerprint density at radius 2 is 1.69 bits per heavy atom. The van der Waals surface area contributed by atoms with Gasteiger partial charge in [0, 0.05) is 5.69 Å². The maximum absolute atomic E-state index is 13.5. The van der Waals surface area contributed by atoms with Gasteiger partial charge in [0.05, 0.1) is 24.3 Å². The first-order valence-corrected chi connectivity index (χ1v) is 11.4. The Hall–Kier alpha value is -4.06. The number of ketones is 1. The highest BCUT2D eigenvalue weighted by molar-refractivity contribution is 6.51. The molecule has 2 N–H and O–H groups in total. The van der Waals surface area contributed by atoms with Gasteiger partial charge in [0.1, 0.15) is 17.3 Å². The minimum Gasteiger partial charge on any atom is -0.508 e. The fourth-order valence-electron chi connectivity index (χ4n) is 4.43. The van der Waals surface area contributed by atoms with Crippen LogP contribution in [-0.2, 0) is 15.0 Å². The Bertz CT molecular complexity index is 1350. The normalized spacial score (nSPS) is 17.6. The number of anilines is 1. The van der Waals surface area contributed by atoms with Crippen molar-refractivity contribution in [3.05, 3.63) is 94.6 Å². The molecule has 1 atom stereocenters. The van der Waals surface area contributed by atoms with E-state index in [0.29, 0.717) is 22.6 Å². The lowest BCUT2D eigenvalue weighted by Crippen LogP contribution is -2.30. The molecule has 3 aromatic carbocycles. The van der Waals surface area contributed by atoms with Crippen LogP contribution in [0.3, 0.4) is 0 Å². The van der Waals surface area contributed by atoms with Crippen molar-refractivity contribution in [1.29, 1.82) is 0 Å². The molecule has 180 valence electrons. The second-order valence-corrected chi connectivity index (χ2v) is 9.72. The van der Waals surface area contributed by atoms with Gasteiger partial charge < -0.3 is 14.9 Å². The number of para-hydroxylation sites is 1. The van der Waals surface area contributed by atoms with Gasteiger partial charge in [-0.1, -0.05) is 57.2 Å². The van der Waals surface area contributed by atoms with Crippen molar-refractivity contribution in [2.75, 3.05) is 12.0 Å². The molecule has 4 rings (SSSR count). The second kappa shape index (κ2) is 8.95. The van der Waals surface area contributed by atoms with Gasteiger partial charge in [0.15, 0.2) is 0 Å². The van der Waals surface area contributed by atoms with Crippen molar-refractivity contribution >= 4 is 23.1 Å². The predicted octanol–water partition coefficient (Wildman–Crippen LogP) is 5.63. The van der Waals surface area contributed by atoms with Crippen LogP contribution in [0, 0.1) is 6.92 Å². The van der Waals surface area contributed by atoms with Crippen LogP contribution in [0.15, 0.2) is 72.3 Å². The number of nitrogens with zero attached hydrogens (tertiary/aromatic N) is 1. The molecule has 6 heteroatoms. The maximum Gasteiger partial charge on any atom is 0.300 e. The number of carbonyl (C=O) groups is 2. The van der Waals surface area contributed by atoms with Gasteiger partial charge in [-0.15, -0.1) is 0 Å². The Morgan fingerprint density at radius 3 is 2.31 bits per heavy atom. The number of aliphatic hydroxyl groups is 1. The minimum absolute atomic E-state index is 0.00909. The molecule has 0 aliphatic carbocycles. The van der Waals surface area contributed by atoms with E-state index in [1.54, 1.807) is 36.4 Å². The monoisotopic (exact) mass is 471 g/mol. The summed E-state index contributed by atoms with van der Waals surface area (Å²) in [5.74, 6) is -1.50. The smallest absolute Gasteiger partial charge is 0.300 e. The Kier molecular flexibility index (Phi) is 6.15. The zero-order valence-corrected chi connectivity index (χ0v) is 20.5.